The molecule has 2 aromatic rings. The number of piperidine rings is 1. The Morgan fingerprint density at radius 2 is 1.75 bits per heavy atom. The molecule has 1 aromatic carbocycles. The minimum absolute atomic E-state index is 0.102. The van der Waals surface area contributed by atoms with Crippen molar-refractivity contribution in [2.75, 3.05) is 32.9 Å². The van der Waals surface area contributed by atoms with Gasteiger partial charge in [-0.25, -0.2) is 9.78 Å². The molecule has 7 nitrogen and oxygen atoms in total. The van der Waals surface area contributed by atoms with Gasteiger partial charge in [0.15, 0.2) is 0 Å². The molecule has 1 fully saturated rings. The Morgan fingerprint density at radius 1 is 1.09 bits per heavy atom. The van der Waals surface area contributed by atoms with Crippen molar-refractivity contribution in [2.45, 2.75) is 66.8 Å². The van der Waals surface area contributed by atoms with Crippen molar-refractivity contribution < 1.29 is 23.8 Å². The predicted molar refractivity (Wildman–Crippen MR) is 127 cm³/mol. The Kier molecular flexibility index (Phi) is 14.1. The van der Waals surface area contributed by atoms with E-state index in [1.165, 1.54) is 6.42 Å². The lowest BCUT2D eigenvalue weighted by molar-refractivity contribution is 0.0487. The summed E-state index contributed by atoms with van der Waals surface area (Å²) in [6.45, 7) is 13.2. The summed E-state index contributed by atoms with van der Waals surface area (Å²) >= 11 is 0. The fourth-order valence-electron chi connectivity index (χ4n) is 3.22. The summed E-state index contributed by atoms with van der Waals surface area (Å²) in [6.07, 6.45) is 4.16. The Hall–Kier alpha value is -2.38. The second-order valence-electron chi connectivity index (χ2n) is 6.80. The zero-order chi connectivity index (χ0) is 23.8. The molecule has 1 aliphatic heterocycles. The van der Waals surface area contributed by atoms with E-state index in [9.17, 15) is 4.79 Å². The van der Waals surface area contributed by atoms with E-state index in [1.54, 1.807) is 6.92 Å². The molecule has 0 atom stereocenters. The lowest BCUT2D eigenvalue weighted by atomic mass is 10.1. The van der Waals surface area contributed by atoms with Crippen LogP contribution < -0.4 is 4.74 Å². The molecule has 1 aromatic heterocycles. The molecule has 0 spiro atoms. The van der Waals surface area contributed by atoms with Crippen LogP contribution in [-0.2, 0) is 11.3 Å². The third-order valence-electron chi connectivity index (χ3n) is 4.65. The molecule has 0 unspecified atom stereocenters. The summed E-state index contributed by atoms with van der Waals surface area (Å²) in [5.41, 5.74) is 1.39. The molecule has 180 valence electrons. The number of aromatic nitrogens is 1. The molecule has 1 aliphatic rings. The number of nitrogens with zero attached hydrogens (tertiary/aromatic N) is 2. The van der Waals surface area contributed by atoms with Crippen LogP contribution in [0.4, 0.5) is 0 Å². The number of esters is 1. The SMILES string of the molecule is CC.CC.CCOC(=O)c1oc(-c2ccc(OCCCO)cc2)nc1CN1CCCCC1. The van der Waals surface area contributed by atoms with E-state index in [0.717, 1.165) is 31.5 Å². The smallest absolute Gasteiger partial charge is 0.376 e. The number of ether oxygens (including phenoxy) is 2. The zero-order valence-corrected chi connectivity index (χ0v) is 20.4. The molecule has 32 heavy (non-hydrogen) atoms. The Bertz CT molecular complexity index is 752. The summed E-state index contributed by atoms with van der Waals surface area (Å²) in [5.74, 6) is 0.822. The van der Waals surface area contributed by atoms with Crippen molar-refractivity contribution >= 4 is 5.97 Å². The van der Waals surface area contributed by atoms with Crippen molar-refractivity contribution in [1.29, 1.82) is 0 Å². The van der Waals surface area contributed by atoms with Gasteiger partial charge in [-0.3, -0.25) is 4.90 Å². The number of aliphatic hydroxyl groups is 1. The van der Waals surface area contributed by atoms with Crippen LogP contribution in [0.5, 0.6) is 5.75 Å². The van der Waals surface area contributed by atoms with Gasteiger partial charge in [-0.15, -0.1) is 0 Å². The van der Waals surface area contributed by atoms with E-state index in [-0.39, 0.29) is 19.0 Å². The first-order chi connectivity index (χ1) is 15.7. The lowest BCUT2D eigenvalue weighted by Crippen LogP contribution is -2.29. The predicted octanol–water partition coefficient (Wildman–Crippen LogP) is 5.32. The van der Waals surface area contributed by atoms with Crippen LogP contribution in [0, 0.1) is 0 Å². The minimum Gasteiger partial charge on any atom is -0.494 e. The highest BCUT2D eigenvalue weighted by atomic mass is 16.5. The number of rotatable bonds is 9. The molecule has 0 aliphatic carbocycles. The number of benzene rings is 1. The van der Waals surface area contributed by atoms with Crippen molar-refractivity contribution in [3.63, 3.8) is 0 Å². The summed E-state index contributed by atoms with van der Waals surface area (Å²) in [7, 11) is 0. The van der Waals surface area contributed by atoms with Gasteiger partial charge in [-0.1, -0.05) is 34.1 Å². The highest BCUT2D eigenvalue weighted by molar-refractivity contribution is 5.88. The molecular weight excluding hydrogens is 408 g/mol. The maximum Gasteiger partial charge on any atom is 0.376 e. The number of hydrogen-bond acceptors (Lipinski definition) is 7. The third-order valence-corrected chi connectivity index (χ3v) is 4.65. The summed E-state index contributed by atoms with van der Waals surface area (Å²) in [5, 5.41) is 8.82. The molecule has 1 saturated heterocycles. The molecule has 1 N–H and O–H groups in total. The quantitative estimate of drug-likeness (QED) is 0.410. The van der Waals surface area contributed by atoms with E-state index < -0.39 is 5.97 Å². The van der Waals surface area contributed by atoms with Crippen molar-refractivity contribution in [1.82, 2.24) is 9.88 Å². The fourth-order valence-corrected chi connectivity index (χ4v) is 3.22. The highest BCUT2D eigenvalue weighted by Crippen LogP contribution is 2.26. The lowest BCUT2D eigenvalue weighted by Gasteiger charge is -2.25. The van der Waals surface area contributed by atoms with Crippen LogP contribution in [0.1, 0.15) is 76.6 Å². The van der Waals surface area contributed by atoms with Crippen molar-refractivity contribution in [2.24, 2.45) is 0 Å². The van der Waals surface area contributed by atoms with Crippen LogP contribution in [0.2, 0.25) is 0 Å². The Balaban J connectivity index is 0.00000121. The Labute approximate surface area is 192 Å². The first kappa shape index (κ1) is 27.7. The number of hydrogen-bond donors (Lipinski definition) is 1. The van der Waals surface area contributed by atoms with Gasteiger partial charge in [0.1, 0.15) is 11.4 Å². The van der Waals surface area contributed by atoms with Crippen LogP contribution in [0.15, 0.2) is 28.7 Å². The van der Waals surface area contributed by atoms with Gasteiger partial charge in [0.05, 0.1) is 13.2 Å². The first-order valence-corrected chi connectivity index (χ1v) is 11.9. The van der Waals surface area contributed by atoms with Gasteiger partial charge < -0.3 is 19.0 Å². The summed E-state index contributed by atoms with van der Waals surface area (Å²) in [6, 6.07) is 7.34. The molecule has 0 bridgehead atoms. The first-order valence-electron chi connectivity index (χ1n) is 11.9. The summed E-state index contributed by atoms with van der Waals surface area (Å²) < 4.78 is 16.5. The molecule has 0 amide bonds. The van der Waals surface area contributed by atoms with Crippen molar-refractivity contribution in [3.05, 3.63) is 35.7 Å². The maximum atomic E-state index is 12.3. The highest BCUT2D eigenvalue weighted by Gasteiger charge is 2.24. The molecule has 2 heterocycles. The van der Waals surface area contributed by atoms with E-state index in [2.05, 4.69) is 9.88 Å². The number of aliphatic hydroxyl groups excluding tert-OH is 1. The van der Waals surface area contributed by atoms with Crippen LogP contribution in [0.25, 0.3) is 11.5 Å². The van der Waals surface area contributed by atoms with E-state index in [4.69, 9.17) is 19.0 Å². The monoisotopic (exact) mass is 448 g/mol. The number of likely N-dealkylation sites (tertiary alicyclic amines) is 1. The van der Waals surface area contributed by atoms with Gasteiger partial charge in [0.2, 0.25) is 11.7 Å². The average Bonchev–Trinajstić information content (AvgIpc) is 3.27. The van der Waals surface area contributed by atoms with Gasteiger partial charge in [0, 0.05) is 25.1 Å². The van der Waals surface area contributed by atoms with Crippen LogP contribution >= 0.6 is 0 Å². The molecule has 0 saturated carbocycles. The number of carbonyl (C=O) groups excluding carboxylic acids is 1. The standard InChI is InChI=1S/C21H28N2O5.2C2H6/c1-2-26-21(25)19-18(15-23-11-4-3-5-12-23)22-20(28-19)16-7-9-17(10-8-16)27-14-6-13-24;2*1-2/h7-10,24H,2-6,11-15H2,1H3;2*1-2H3. The number of carbonyl (C=O) groups is 1. The van der Waals surface area contributed by atoms with Gasteiger partial charge in [-0.2, -0.15) is 0 Å². The molecule has 0 radical (unpaired) electrons. The largest absolute Gasteiger partial charge is 0.494 e. The second-order valence-corrected chi connectivity index (χ2v) is 6.80. The molecule has 3 rings (SSSR count). The third kappa shape index (κ3) is 8.63. The second kappa shape index (κ2) is 16.3. The van der Waals surface area contributed by atoms with Crippen molar-refractivity contribution in [3.8, 4) is 17.2 Å². The fraction of sp³-hybridized carbons (Fsp3) is 0.600. The van der Waals surface area contributed by atoms with Gasteiger partial charge in [-0.05, 0) is 57.1 Å². The summed E-state index contributed by atoms with van der Waals surface area (Å²) in [4.78, 5) is 19.2. The van der Waals surface area contributed by atoms with Gasteiger partial charge in [0.25, 0.3) is 0 Å². The topological polar surface area (TPSA) is 85.0 Å². The maximum absolute atomic E-state index is 12.3. The normalized spacial score (nSPS) is 13.3. The average molecular weight is 449 g/mol. The zero-order valence-electron chi connectivity index (χ0n) is 20.4. The Morgan fingerprint density at radius 3 is 2.34 bits per heavy atom. The van der Waals surface area contributed by atoms with E-state index in [0.29, 0.717) is 36.9 Å². The van der Waals surface area contributed by atoms with E-state index in [1.807, 2.05) is 52.0 Å². The minimum atomic E-state index is -0.475. The van der Waals surface area contributed by atoms with Gasteiger partial charge >= 0.3 is 5.97 Å². The van der Waals surface area contributed by atoms with Crippen LogP contribution in [0.3, 0.4) is 0 Å². The van der Waals surface area contributed by atoms with E-state index >= 15 is 0 Å². The molecular formula is C25H40N2O5. The van der Waals surface area contributed by atoms with Crippen LogP contribution in [-0.4, -0.2) is 53.9 Å². The molecule has 7 heteroatoms. The number of oxazole rings is 1.